The molecule has 2 aliphatic rings. The lowest BCUT2D eigenvalue weighted by molar-refractivity contribution is 0.445. The van der Waals surface area contributed by atoms with Gasteiger partial charge in [0, 0.05) is 54.8 Å². The topological polar surface area (TPSA) is 32.8 Å². The van der Waals surface area contributed by atoms with Gasteiger partial charge < -0.3 is 18.6 Å². The molecular formula is C88H84N2O2. The predicted molar refractivity (Wildman–Crippen MR) is 393 cm³/mol. The molecule has 12 aromatic carbocycles. The van der Waals surface area contributed by atoms with Crippen LogP contribution in [0.2, 0.25) is 0 Å². The Morgan fingerprint density at radius 1 is 0.293 bits per heavy atom. The molecule has 92 heavy (non-hydrogen) atoms. The van der Waals surface area contributed by atoms with Gasteiger partial charge in [0.15, 0.2) is 11.2 Å². The summed E-state index contributed by atoms with van der Waals surface area (Å²) in [5.41, 5.74) is 23.3. The van der Waals surface area contributed by atoms with Crippen LogP contribution in [0.3, 0.4) is 0 Å². The third-order valence-electron chi connectivity index (χ3n) is 21.3. The van der Waals surface area contributed by atoms with Gasteiger partial charge in [0.05, 0.1) is 22.7 Å². The van der Waals surface area contributed by atoms with E-state index in [4.69, 9.17) is 8.83 Å². The molecule has 2 saturated carbocycles. The van der Waals surface area contributed by atoms with Crippen molar-refractivity contribution in [2.45, 2.75) is 155 Å². The van der Waals surface area contributed by atoms with Gasteiger partial charge in [0.2, 0.25) is 0 Å². The fourth-order valence-electron chi connectivity index (χ4n) is 16.6. The van der Waals surface area contributed by atoms with Crippen molar-refractivity contribution < 1.29 is 8.83 Å². The standard InChI is InChI=1S/C88H84N2O2/c1-53(2)59-29-19-31-61(49-59)89(79-43-23-41-73-71-39-21-37-69(85(71)91-87(73)79)65-35-17-15-33-63(65)55(5)6)81-51-77(57-25-11-9-12-26-57)67-46-48-76-82(52-78(58-27-13-10-14-28-58)68-45-47-75(81)83(67)84(68)76)90(62-32-20-30-60(50-62)54(3)4)80-44-24-42-74-72-40-22-38-70(86(72)92-88(74)80)66-36-18-16-34-64(66)56(7)8/h15-24,29-58H,9-14,25-28H2,1-8H3. The third kappa shape index (κ3) is 9.68. The molecule has 2 aromatic heterocycles. The summed E-state index contributed by atoms with van der Waals surface area (Å²) in [7, 11) is 0. The SMILES string of the molecule is CC(C)c1cccc(N(c2cc(C3CCCCC3)c3ccc4c(N(c5cccc(C(C)C)c5)c5cccc6c5oc5c(-c7ccccc7C(C)C)cccc56)cc(C5CCCCC5)c5ccc2c3c54)c2cccc3c2oc2c(-c4ccccc4C(C)C)cccc23)c1. The molecule has 2 heterocycles. The largest absolute Gasteiger partial charge is 0.453 e. The second kappa shape index (κ2) is 23.5. The average Bonchev–Trinajstić information content (AvgIpc) is 0.794. The number of nitrogens with zero attached hydrogens (tertiary/aromatic N) is 2. The van der Waals surface area contributed by atoms with E-state index in [1.165, 1.54) is 152 Å². The summed E-state index contributed by atoms with van der Waals surface area (Å²) in [6.07, 6.45) is 12.2. The quantitative estimate of drug-likeness (QED) is 0.102. The highest BCUT2D eigenvalue weighted by atomic mass is 16.3. The van der Waals surface area contributed by atoms with Crippen LogP contribution < -0.4 is 9.80 Å². The fraction of sp³-hybridized carbons (Fsp3) is 0.273. The van der Waals surface area contributed by atoms with Crippen molar-refractivity contribution in [2.75, 3.05) is 9.80 Å². The molecule has 2 aliphatic carbocycles. The zero-order valence-electron chi connectivity index (χ0n) is 54.9. The summed E-state index contributed by atoms with van der Waals surface area (Å²) in [5, 5.41) is 12.5. The second-order valence-electron chi connectivity index (χ2n) is 28.2. The van der Waals surface area contributed by atoms with Gasteiger partial charge in [-0.3, -0.25) is 0 Å². The van der Waals surface area contributed by atoms with Gasteiger partial charge in [-0.1, -0.05) is 252 Å². The van der Waals surface area contributed by atoms with Gasteiger partial charge in [-0.15, -0.1) is 0 Å². The zero-order chi connectivity index (χ0) is 62.5. The van der Waals surface area contributed by atoms with E-state index >= 15 is 0 Å². The highest BCUT2D eigenvalue weighted by molar-refractivity contribution is 6.30. The van der Waals surface area contributed by atoms with Crippen molar-refractivity contribution in [1.82, 2.24) is 0 Å². The highest BCUT2D eigenvalue weighted by Crippen LogP contribution is 2.56. The lowest BCUT2D eigenvalue weighted by atomic mass is 9.77. The Labute approximate surface area is 542 Å². The van der Waals surface area contributed by atoms with Gasteiger partial charge in [0.25, 0.3) is 0 Å². The monoisotopic (exact) mass is 1200 g/mol. The molecule has 4 nitrogen and oxygen atoms in total. The molecule has 0 atom stereocenters. The Balaban J connectivity index is 1.01. The molecule has 0 spiro atoms. The first-order valence-corrected chi connectivity index (χ1v) is 34.6. The Morgan fingerprint density at radius 3 is 1.05 bits per heavy atom. The molecule has 0 bridgehead atoms. The van der Waals surface area contributed by atoms with Crippen LogP contribution in [0.4, 0.5) is 34.1 Å². The molecule has 458 valence electrons. The maximum Gasteiger partial charge on any atom is 0.159 e. The summed E-state index contributed by atoms with van der Waals surface area (Å²) in [4.78, 5) is 5.19. The lowest BCUT2D eigenvalue weighted by Gasteiger charge is -2.33. The number of anilines is 6. The zero-order valence-corrected chi connectivity index (χ0v) is 54.9. The number of rotatable bonds is 14. The van der Waals surface area contributed by atoms with Crippen LogP contribution in [0.25, 0.3) is 98.4 Å². The van der Waals surface area contributed by atoms with Crippen molar-refractivity contribution in [3.05, 3.63) is 240 Å². The van der Waals surface area contributed by atoms with Crippen molar-refractivity contribution in [3.63, 3.8) is 0 Å². The Hall–Kier alpha value is -9.12. The van der Waals surface area contributed by atoms with Crippen LogP contribution in [0.1, 0.15) is 188 Å². The fourth-order valence-corrected chi connectivity index (χ4v) is 16.6. The highest BCUT2D eigenvalue weighted by Gasteiger charge is 2.32. The van der Waals surface area contributed by atoms with E-state index in [0.717, 1.165) is 77.8 Å². The third-order valence-corrected chi connectivity index (χ3v) is 21.3. The number of para-hydroxylation sites is 4. The Morgan fingerprint density at radius 2 is 0.652 bits per heavy atom. The lowest BCUT2D eigenvalue weighted by Crippen LogP contribution is -2.15. The Kier molecular flexibility index (Phi) is 14.8. The number of fused-ring (bicyclic) bond motifs is 6. The summed E-state index contributed by atoms with van der Waals surface area (Å²) < 4.78 is 15.1. The minimum absolute atomic E-state index is 0.330. The van der Waals surface area contributed by atoms with Crippen molar-refractivity contribution in [1.29, 1.82) is 0 Å². The van der Waals surface area contributed by atoms with Crippen LogP contribution in [-0.2, 0) is 0 Å². The van der Waals surface area contributed by atoms with Crippen LogP contribution in [0.5, 0.6) is 0 Å². The van der Waals surface area contributed by atoms with E-state index in [0.29, 0.717) is 35.5 Å². The molecule has 16 rings (SSSR count). The van der Waals surface area contributed by atoms with Gasteiger partial charge in [-0.05, 0) is 176 Å². The minimum Gasteiger partial charge on any atom is -0.453 e. The molecule has 2 fully saturated rings. The van der Waals surface area contributed by atoms with Crippen LogP contribution in [-0.4, -0.2) is 0 Å². The number of hydrogen-bond acceptors (Lipinski definition) is 4. The van der Waals surface area contributed by atoms with Crippen molar-refractivity contribution >= 4 is 110 Å². The molecule has 0 amide bonds. The first-order chi connectivity index (χ1) is 45.0. The molecule has 0 aliphatic heterocycles. The molecule has 0 unspecified atom stereocenters. The van der Waals surface area contributed by atoms with Crippen molar-refractivity contribution in [3.8, 4) is 22.3 Å². The second-order valence-corrected chi connectivity index (χ2v) is 28.2. The molecule has 0 N–H and O–H groups in total. The number of furan rings is 2. The molecule has 0 saturated heterocycles. The van der Waals surface area contributed by atoms with Crippen LogP contribution in [0, 0.1) is 0 Å². The van der Waals surface area contributed by atoms with E-state index < -0.39 is 0 Å². The Bertz CT molecular complexity index is 4790. The van der Waals surface area contributed by atoms with E-state index in [-0.39, 0.29) is 0 Å². The van der Waals surface area contributed by atoms with Crippen LogP contribution >= 0.6 is 0 Å². The van der Waals surface area contributed by atoms with E-state index in [9.17, 15) is 0 Å². The minimum atomic E-state index is 0.330. The maximum absolute atomic E-state index is 7.55. The van der Waals surface area contributed by atoms with E-state index in [1.807, 2.05) is 0 Å². The van der Waals surface area contributed by atoms with Crippen LogP contribution in [0.15, 0.2) is 215 Å². The smallest absolute Gasteiger partial charge is 0.159 e. The predicted octanol–water partition coefficient (Wildman–Crippen LogP) is 27.2. The molecule has 14 aromatic rings. The molecular weight excluding hydrogens is 1120 g/mol. The van der Waals surface area contributed by atoms with E-state index in [2.05, 4.69) is 271 Å². The first kappa shape index (κ1) is 58.0. The maximum atomic E-state index is 7.55. The molecule has 4 heteroatoms. The van der Waals surface area contributed by atoms with Gasteiger partial charge in [-0.2, -0.15) is 0 Å². The average molecular weight is 1200 g/mol. The summed E-state index contributed by atoms with van der Waals surface area (Å²) in [6, 6.07) is 79.0. The van der Waals surface area contributed by atoms with E-state index in [1.54, 1.807) is 0 Å². The summed E-state index contributed by atoms with van der Waals surface area (Å²) in [5.74, 6) is 2.19. The molecule has 0 radical (unpaired) electrons. The summed E-state index contributed by atoms with van der Waals surface area (Å²) in [6.45, 7) is 18.5. The van der Waals surface area contributed by atoms with Gasteiger partial charge >= 0.3 is 0 Å². The van der Waals surface area contributed by atoms with Crippen molar-refractivity contribution in [2.24, 2.45) is 0 Å². The first-order valence-electron chi connectivity index (χ1n) is 34.6. The normalized spacial score (nSPS) is 14.6. The number of benzene rings is 12. The summed E-state index contributed by atoms with van der Waals surface area (Å²) >= 11 is 0. The van der Waals surface area contributed by atoms with Gasteiger partial charge in [0.1, 0.15) is 11.2 Å². The van der Waals surface area contributed by atoms with Gasteiger partial charge in [-0.25, -0.2) is 0 Å². The number of hydrogen-bond donors (Lipinski definition) is 0.